The Bertz CT molecular complexity index is 444. The minimum Gasteiger partial charge on any atom is -0.483 e. The van der Waals surface area contributed by atoms with Crippen molar-refractivity contribution in [3.8, 4) is 5.75 Å². The second-order valence-electron chi connectivity index (χ2n) is 4.19. The van der Waals surface area contributed by atoms with Crippen molar-refractivity contribution in [3.63, 3.8) is 0 Å². The van der Waals surface area contributed by atoms with Gasteiger partial charge in [0, 0.05) is 0 Å². The zero-order chi connectivity index (χ0) is 14.3. The number of benzene rings is 1. The lowest BCUT2D eigenvalue weighted by Gasteiger charge is -2.13. The van der Waals surface area contributed by atoms with Crippen LogP contribution in [0.25, 0.3) is 0 Å². The fourth-order valence-corrected chi connectivity index (χ4v) is 1.44. The van der Waals surface area contributed by atoms with Crippen molar-refractivity contribution in [2.24, 2.45) is 0 Å². The van der Waals surface area contributed by atoms with Crippen LogP contribution in [-0.4, -0.2) is 30.2 Å². The predicted molar refractivity (Wildman–Crippen MR) is 67.8 cm³/mol. The van der Waals surface area contributed by atoms with Crippen LogP contribution in [0.1, 0.15) is 25.3 Å². The van der Waals surface area contributed by atoms with Gasteiger partial charge in [0.2, 0.25) is 0 Å². The highest BCUT2D eigenvalue weighted by molar-refractivity contribution is 5.76. The quantitative estimate of drug-likeness (QED) is 0.728. The van der Waals surface area contributed by atoms with Crippen molar-refractivity contribution in [3.05, 3.63) is 29.8 Å². The number of carboxylic acid groups (broad SMARTS) is 1. The third-order valence-electron chi connectivity index (χ3n) is 2.28. The number of hydrogen-bond donors (Lipinski definition) is 2. The molecule has 0 aromatic heterocycles. The van der Waals surface area contributed by atoms with E-state index in [-0.39, 0.29) is 12.5 Å². The topological polar surface area (TPSA) is 84.9 Å². The van der Waals surface area contributed by atoms with Gasteiger partial charge in [-0.3, -0.25) is 9.63 Å². The number of carbonyl (C=O) groups is 2. The Labute approximate surface area is 111 Å². The summed E-state index contributed by atoms with van der Waals surface area (Å²) in [5, 5.41) is 8.32. The molecule has 1 rings (SSSR count). The van der Waals surface area contributed by atoms with Crippen LogP contribution in [0, 0.1) is 0 Å². The molecule has 0 spiro atoms. The van der Waals surface area contributed by atoms with Crippen LogP contribution >= 0.6 is 0 Å². The number of aliphatic carboxylic acids is 1. The number of rotatable bonds is 7. The summed E-state index contributed by atoms with van der Waals surface area (Å²) in [6.07, 6.45) is 0. The number of hydrogen-bond acceptors (Lipinski definition) is 4. The van der Waals surface area contributed by atoms with E-state index in [0.717, 1.165) is 5.56 Å². The Morgan fingerprint density at radius 1 is 1.26 bits per heavy atom. The van der Waals surface area contributed by atoms with Crippen LogP contribution in [0.2, 0.25) is 0 Å². The summed E-state index contributed by atoms with van der Waals surface area (Å²) in [5.74, 6) is -0.792. The fourth-order valence-electron chi connectivity index (χ4n) is 1.44. The summed E-state index contributed by atoms with van der Waals surface area (Å²) in [6.45, 7) is 3.23. The van der Waals surface area contributed by atoms with Crippen molar-refractivity contribution in [1.82, 2.24) is 5.48 Å². The van der Waals surface area contributed by atoms with E-state index in [9.17, 15) is 9.59 Å². The maximum atomic E-state index is 11.3. The Morgan fingerprint density at radius 3 is 2.58 bits per heavy atom. The molecule has 1 aromatic rings. The summed E-state index contributed by atoms with van der Waals surface area (Å²) in [5.41, 5.74) is 2.99. The van der Waals surface area contributed by atoms with Gasteiger partial charge in [0.15, 0.2) is 13.2 Å². The second-order valence-corrected chi connectivity index (χ2v) is 4.19. The molecule has 0 heterocycles. The first-order valence-electron chi connectivity index (χ1n) is 5.85. The van der Waals surface area contributed by atoms with Gasteiger partial charge in [-0.2, -0.15) is 0 Å². The van der Waals surface area contributed by atoms with Crippen LogP contribution < -0.4 is 10.2 Å². The normalized spacial score (nSPS) is 10.3. The number of ether oxygens (including phenoxy) is 1. The Morgan fingerprint density at radius 2 is 1.95 bits per heavy atom. The molecule has 0 aliphatic heterocycles. The SMILES string of the molecule is CC(C)c1ccccc1OCC(=O)NOCC(=O)O. The zero-order valence-electron chi connectivity index (χ0n) is 10.9. The molecule has 1 aromatic carbocycles. The van der Waals surface area contributed by atoms with E-state index < -0.39 is 18.5 Å². The molecule has 1 amide bonds. The average molecular weight is 267 g/mol. The lowest BCUT2D eigenvalue weighted by molar-refractivity contribution is -0.149. The molecule has 19 heavy (non-hydrogen) atoms. The number of carboxylic acids is 1. The first-order valence-corrected chi connectivity index (χ1v) is 5.85. The third-order valence-corrected chi connectivity index (χ3v) is 2.28. The van der Waals surface area contributed by atoms with E-state index in [4.69, 9.17) is 9.84 Å². The molecule has 0 aliphatic rings. The molecule has 0 bridgehead atoms. The van der Waals surface area contributed by atoms with E-state index in [1.165, 1.54) is 0 Å². The zero-order valence-corrected chi connectivity index (χ0v) is 10.9. The van der Waals surface area contributed by atoms with Crippen LogP contribution in [0.15, 0.2) is 24.3 Å². The van der Waals surface area contributed by atoms with Crippen molar-refractivity contribution in [1.29, 1.82) is 0 Å². The maximum absolute atomic E-state index is 11.3. The molecule has 2 N–H and O–H groups in total. The summed E-state index contributed by atoms with van der Waals surface area (Å²) < 4.78 is 5.38. The van der Waals surface area contributed by atoms with E-state index in [1.807, 2.05) is 37.5 Å². The van der Waals surface area contributed by atoms with E-state index in [2.05, 4.69) is 4.84 Å². The third kappa shape index (κ3) is 5.39. The van der Waals surface area contributed by atoms with Gasteiger partial charge in [0.25, 0.3) is 5.91 Å². The van der Waals surface area contributed by atoms with Gasteiger partial charge in [-0.1, -0.05) is 32.0 Å². The van der Waals surface area contributed by atoms with Crippen molar-refractivity contribution < 1.29 is 24.3 Å². The molecule has 0 saturated heterocycles. The van der Waals surface area contributed by atoms with Gasteiger partial charge in [-0.25, -0.2) is 10.3 Å². The summed E-state index contributed by atoms with van der Waals surface area (Å²) in [6, 6.07) is 7.43. The molecule has 0 saturated carbocycles. The summed E-state index contributed by atoms with van der Waals surface area (Å²) in [4.78, 5) is 25.9. The second kappa shape index (κ2) is 7.38. The van der Waals surface area contributed by atoms with Crippen molar-refractivity contribution >= 4 is 11.9 Å². The lowest BCUT2D eigenvalue weighted by atomic mass is 10.0. The molecule has 0 fully saturated rings. The highest BCUT2D eigenvalue weighted by Crippen LogP contribution is 2.25. The molecule has 104 valence electrons. The van der Waals surface area contributed by atoms with E-state index in [0.29, 0.717) is 5.75 Å². The van der Waals surface area contributed by atoms with Crippen LogP contribution in [-0.2, 0) is 14.4 Å². The minimum atomic E-state index is -1.16. The number of amides is 1. The van der Waals surface area contributed by atoms with Crippen molar-refractivity contribution in [2.75, 3.05) is 13.2 Å². The number of para-hydroxylation sites is 1. The lowest BCUT2D eigenvalue weighted by Crippen LogP contribution is -2.31. The predicted octanol–water partition coefficient (Wildman–Crippen LogP) is 1.32. The smallest absolute Gasteiger partial charge is 0.332 e. The number of nitrogens with one attached hydrogen (secondary N) is 1. The Balaban J connectivity index is 2.44. The number of carbonyl (C=O) groups excluding carboxylic acids is 1. The van der Waals surface area contributed by atoms with Gasteiger partial charge in [0.05, 0.1) is 0 Å². The molecule has 6 heteroatoms. The van der Waals surface area contributed by atoms with Gasteiger partial charge in [-0.05, 0) is 17.5 Å². The monoisotopic (exact) mass is 267 g/mol. The van der Waals surface area contributed by atoms with E-state index >= 15 is 0 Å². The van der Waals surface area contributed by atoms with Gasteiger partial charge in [0.1, 0.15) is 5.75 Å². The summed E-state index contributed by atoms with van der Waals surface area (Å²) >= 11 is 0. The van der Waals surface area contributed by atoms with Crippen molar-refractivity contribution in [2.45, 2.75) is 19.8 Å². The molecule has 0 radical (unpaired) electrons. The molecule has 6 nitrogen and oxygen atoms in total. The van der Waals surface area contributed by atoms with Gasteiger partial charge < -0.3 is 9.84 Å². The maximum Gasteiger partial charge on any atom is 0.332 e. The van der Waals surface area contributed by atoms with Crippen LogP contribution in [0.3, 0.4) is 0 Å². The Kier molecular flexibility index (Phi) is 5.81. The first kappa shape index (κ1) is 15.0. The van der Waals surface area contributed by atoms with Gasteiger partial charge >= 0.3 is 5.97 Å². The van der Waals surface area contributed by atoms with Gasteiger partial charge in [-0.15, -0.1) is 0 Å². The van der Waals surface area contributed by atoms with Crippen LogP contribution in [0.5, 0.6) is 5.75 Å². The molecule has 0 aliphatic carbocycles. The average Bonchev–Trinajstić information content (AvgIpc) is 2.36. The molecular weight excluding hydrogens is 250 g/mol. The van der Waals surface area contributed by atoms with E-state index in [1.54, 1.807) is 6.07 Å². The Hall–Kier alpha value is -2.08. The standard InChI is InChI=1S/C13H17NO5/c1-9(2)10-5-3-4-6-11(10)18-7-12(15)14-19-8-13(16)17/h3-6,9H,7-8H2,1-2H3,(H,14,15)(H,16,17). The molecule has 0 atom stereocenters. The largest absolute Gasteiger partial charge is 0.483 e. The highest BCUT2D eigenvalue weighted by atomic mass is 16.7. The first-order chi connectivity index (χ1) is 9.00. The van der Waals surface area contributed by atoms with Crippen LogP contribution in [0.4, 0.5) is 0 Å². The highest BCUT2D eigenvalue weighted by Gasteiger charge is 2.09. The minimum absolute atomic E-state index is 0.233. The molecular formula is C13H17NO5. The molecule has 0 unspecified atom stereocenters. The number of hydroxylamine groups is 1. The fraction of sp³-hybridized carbons (Fsp3) is 0.385. The summed E-state index contributed by atoms with van der Waals surface area (Å²) in [7, 11) is 0.